The molecule has 0 aromatic heterocycles. The van der Waals surface area contributed by atoms with Crippen LogP contribution in [0.2, 0.25) is 0 Å². The summed E-state index contributed by atoms with van der Waals surface area (Å²) in [6.45, 7) is 5.74. The zero-order valence-electron chi connectivity index (χ0n) is 13.5. The number of rotatable bonds is 8. The smallest absolute Gasteiger partial charge is 0.304 e. The Morgan fingerprint density at radius 2 is 1.18 bits per heavy atom. The van der Waals surface area contributed by atoms with E-state index < -0.39 is 18.2 Å². The summed E-state index contributed by atoms with van der Waals surface area (Å²) < 4.78 is 0. The molecule has 0 aromatic rings. The van der Waals surface area contributed by atoms with Crippen molar-refractivity contribution in [3.8, 4) is 0 Å². The van der Waals surface area contributed by atoms with Crippen LogP contribution in [0.25, 0.3) is 0 Å². The number of aliphatic hydroxyl groups excluding tert-OH is 1. The second-order valence-electron chi connectivity index (χ2n) is 4.59. The highest BCUT2D eigenvalue weighted by Gasteiger charge is 2.04. The fourth-order valence-electron chi connectivity index (χ4n) is 0.950. The van der Waals surface area contributed by atoms with Crippen LogP contribution in [0.3, 0.4) is 0 Å². The summed E-state index contributed by atoms with van der Waals surface area (Å²) in [5, 5.41) is 32.6. The Kier molecular flexibility index (Phi) is 22.4. The Morgan fingerprint density at radius 3 is 1.23 bits per heavy atom. The van der Waals surface area contributed by atoms with Crippen molar-refractivity contribution in [2.24, 2.45) is 0 Å². The molecule has 0 spiro atoms. The van der Waals surface area contributed by atoms with E-state index in [0.717, 1.165) is 19.3 Å². The summed E-state index contributed by atoms with van der Waals surface area (Å²) >= 11 is 7.98. The van der Waals surface area contributed by atoms with Crippen LogP contribution < -0.4 is 0 Å². The Morgan fingerprint density at radius 1 is 0.864 bits per heavy atom. The predicted octanol–water partition coefficient (Wildman–Crippen LogP) is 2.44. The lowest BCUT2D eigenvalue weighted by molar-refractivity contribution is -0.138. The zero-order valence-corrected chi connectivity index (χ0v) is 15.3. The van der Waals surface area contributed by atoms with Crippen LogP contribution in [-0.2, 0) is 9.59 Å². The molecule has 0 bridgehead atoms. The van der Waals surface area contributed by atoms with Crippen LogP contribution >= 0.6 is 25.3 Å². The average molecular weight is 359 g/mol. The van der Waals surface area contributed by atoms with Crippen LogP contribution in [0.1, 0.15) is 59.3 Å². The molecular weight excluding hydrogens is 328 g/mol. The summed E-state index contributed by atoms with van der Waals surface area (Å²) in [5.74, 6) is -1.54. The monoisotopic (exact) mass is 358 g/mol. The number of aliphatic hydroxyl groups is 2. The molecule has 4 N–H and O–H groups in total. The third-order valence-corrected chi connectivity index (χ3v) is 3.41. The number of thiol groups is 2. The highest BCUT2D eigenvalue weighted by atomic mass is 32.1. The van der Waals surface area contributed by atoms with Crippen LogP contribution in [0.15, 0.2) is 0 Å². The van der Waals surface area contributed by atoms with Gasteiger partial charge in [0, 0.05) is 10.5 Å². The Bertz CT molecular complexity index is 252. The van der Waals surface area contributed by atoms with E-state index in [0.29, 0.717) is 6.42 Å². The molecule has 0 aliphatic carbocycles. The van der Waals surface area contributed by atoms with Crippen molar-refractivity contribution in [1.82, 2.24) is 0 Å². The maximum Gasteiger partial charge on any atom is 0.304 e. The van der Waals surface area contributed by atoms with E-state index in [1.165, 1.54) is 0 Å². The van der Waals surface area contributed by atoms with Crippen molar-refractivity contribution >= 4 is 37.2 Å². The highest BCUT2D eigenvalue weighted by Crippen LogP contribution is 2.04. The lowest BCUT2D eigenvalue weighted by Crippen LogP contribution is -2.05. The molecule has 0 radical (unpaired) electrons. The van der Waals surface area contributed by atoms with Crippen molar-refractivity contribution in [1.29, 1.82) is 0 Å². The third kappa shape index (κ3) is 31.8. The molecule has 2 unspecified atom stereocenters. The summed E-state index contributed by atoms with van der Waals surface area (Å²) in [7, 11) is 0. The van der Waals surface area contributed by atoms with Gasteiger partial charge in [0.05, 0.1) is 12.8 Å². The molecule has 6 nitrogen and oxygen atoms in total. The fourth-order valence-corrected chi connectivity index (χ4v) is 1.26. The average Bonchev–Trinajstić information content (AvgIpc) is 2.38. The Balaban J connectivity index is -0.000000249. The first-order valence-corrected chi connectivity index (χ1v) is 8.29. The summed E-state index contributed by atoms with van der Waals surface area (Å²) in [5.41, 5.74) is 0. The molecule has 0 heterocycles. The first-order valence-electron chi connectivity index (χ1n) is 7.26. The van der Waals surface area contributed by atoms with Crippen molar-refractivity contribution < 1.29 is 30.0 Å². The first-order chi connectivity index (χ1) is 10.1. The first kappa shape index (κ1) is 26.5. The van der Waals surface area contributed by atoms with Crippen molar-refractivity contribution in [2.75, 3.05) is 0 Å². The molecule has 0 aliphatic heterocycles. The largest absolute Gasteiger partial charge is 0.481 e. The molecule has 0 rings (SSSR count). The maximum atomic E-state index is 9.92. The number of carboxylic acid groups (broad SMARTS) is 2. The second kappa shape index (κ2) is 18.6. The lowest BCUT2D eigenvalue weighted by atomic mass is 10.2. The minimum atomic E-state index is -1.10. The van der Waals surface area contributed by atoms with Gasteiger partial charge in [-0.2, -0.15) is 25.3 Å². The normalized spacial score (nSPS) is 12.4. The molecule has 0 fully saturated rings. The lowest BCUT2D eigenvalue weighted by Gasteiger charge is -1.99. The minimum absolute atomic E-state index is 0.0208. The van der Waals surface area contributed by atoms with Gasteiger partial charge in [-0.05, 0) is 19.3 Å². The molecule has 0 saturated carbocycles. The predicted molar refractivity (Wildman–Crippen MR) is 93.8 cm³/mol. The molecule has 0 saturated heterocycles. The van der Waals surface area contributed by atoms with E-state index in [9.17, 15) is 9.59 Å². The third-order valence-electron chi connectivity index (χ3n) is 2.31. The quantitative estimate of drug-likeness (QED) is 0.293. The minimum Gasteiger partial charge on any atom is -0.481 e. The van der Waals surface area contributed by atoms with Gasteiger partial charge >= 0.3 is 11.9 Å². The maximum absolute atomic E-state index is 9.92. The van der Waals surface area contributed by atoms with Gasteiger partial charge in [-0.3, -0.25) is 9.59 Å². The molecule has 0 aromatic carbocycles. The molecular formula is C14H30O6S2. The SMILES string of the molecule is CCC(S)CC(=O)O.CCC(S)CC(=O)O.CCCC(O)O. The van der Waals surface area contributed by atoms with Gasteiger partial charge < -0.3 is 20.4 Å². The van der Waals surface area contributed by atoms with Gasteiger partial charge in [-0.15, -0.1) is 0 Å². The topological polar surface area (TPSA) is 115 Å². The molecule has 2 atom stereocenters. The molecule has 134 valence electrons. The second-order valence-corrected chi connectivity index (χ2v) is 6.05. The van der Waals surface area contributed by atoms with Crippen LogP contribution in [-0.4, -0.2) is 49.2 Å². The van der Waals surface area contributed by atoms with E-state index in [-0.39, 0.29) is 23.3 Å². The summed E-state index contributed by atoms with van der Waals surface area (Å²) in [6.07, 6.45) is 2.18. The Hall–Kier alpha value is -0.440. The fraction of sp³-hybridized carbons (Fsp3) is 0.857. The van der Waals surface area contributed by atoms with Crippen LogP contribution in [0, 0.1) is 0 Å². The van der Waals surface area contributed by atoms with Gasteiger partial charge in [0.1, 0.15) is 0 Å². The molecule has 0 aliphatic rings. The highest BCUT2D eigenvalue weighted by molar-refractivity contribution is 7.81. The van der Waals surface area contributed by atoms with Crippen LogP contribution in [0.4, 0.5) is 0 Å². The Labute approximate surface area is 143 Å². The standard InChI is InChI=1S/2C5H10O2S.C4H10O2/c2*1-2-4(8)3-5(6)7;1-2-3-4(5)6/h2*4,8H,2-3H2,1H3,(H,6,7);4-6H,2-3H2,1H3. The molecule has 8 heteroatoms. The number of aliphatic carboxylic acids is 2. The number of hydrogen-bond acceptors (Lipinski definition) is 6. The number of carboxylic acids is 2. The van der Waals surface area contributed by atoms with Crippen molar-refractivity contribution in [2.45, 2.75) is 76.1 Å². The van der Waals surface area contributed by atoms with Gasteiger partial charge in [0.15, 0.2) is 6.29 Å². The summed E-state index contributed by atoms with van der Waals surface area (Å²) in [4.78, 5) is 19.8. The molecule has 0 amide bonds. The number of hydrogen-bond donors (Lipinski definition) is 6. The van der Waals surface area contributed by atoms with Gasteiger partial charge in [-0.1, -0.05) is 27.2 Å². The van der Waals surface area contributed by atoms with E-state index in [4.69, 9.17) is 20.4 Å². The van der Waals surface area contributed by atoms with Crippen LogP contribution in [0.5, 0.6) is 0 Å². The van der Waals surface area contributed by atoms with E-state index in [2.05, 4.69) is 25.3 Å². The number of carbonyl (C=O) groups is 2. The zero-order chi connectivity index (χ0) is 18.1. The van der Waals surface area contributed by atoms with Gasteiger partial charge in [-0.25, -0.2) is 0 Å². The molecule has 22 heavy (non-hydrogen) atoms. The van der Waals surface area contributed by atoms with E-state index >= 15 is 0 Å². The summed E-state index contributed by atoms with van der Waals surface area (Å²) in [6, 6.07) is 0. The van der Waals surface area contributed by atoms with E-state index in [1.807, 2.05) is 20.8 Å². The van der Waals surface area contributed by atoms with Gasteiger partial charge in [0.2, 0.25) is 0 Å². The van der Waals surface area contributed by atoms with Gasteiger partial charge in [0.25, 0.3) is 0 Å². The van der Waals surface area contributed by atoms with Crippen molar-refractivity contribution in [3.05, 3.63) is 0 Å². The van der Waals surface area contributed by atoms with E-state index in [1.54, 1.807) is 0 Å². The van der Waals surface area contributed by atoms with Crippen molar-refractivity contribution in [3.63, 3.8) is 0 Å².